The standard InChI is InChI=1S/C15H14BrN3O2/c16-12-3-1-2-10(8-12)9-18-15(21)19-13-6-4-11(5-7-13)14(17)20/h1-8H,9H2,(H2,17,20)(H2,18,19,21). The molecule has 0 heterocycles. The topological polar surface area (TPSA) is 84.2 Å². The van der Waals surface area contributed by atoms with Crippen LogP contribution >= 0.6 is 15.9 Å². The Labute approximate surface area is 130 Å². The summed E-state index contributed by atoms with van der Waals surface area (Å²) >= 11 is 3.38. The van der Waals surface area contributed by atoms with E-state index in [2.05, 4.69) is 26.6 Å². The summed E-state index contributed by atoms with van der Waals surface area (Å²) in [5.41, 5.74) is 7.12. The fraction of sp³-hybridized carbons (Fsp3) is 0.0667. The van der Waals surface area contributed by atoms with E-state index < -0.39 is 5.91 Å². The third-order valence-electron chi connectivity index (χ3n) is 2.77. The van der Waals surface area contributed by atoms with Crippen molar-refractivity contribution in [2.45, 2.75) is 6.54 Å². The number of carbonyl (C=O) groups excluding carboxylic acids is 2. The van der Waals surface area contributed by atoms with Crippen molar-refractivity contribution in [3.05, 3.63) is 64.1 Å². The number of primary amides is 1. The Morgan fingerprint density at radius 1 is 1.10 bits per heavy atom. The molecule has 0 aliphatic heterocycles. The summed E-state index contributed by atoms with van der Waals surface area (Å²) in [6.45, 7) is 0.421. The minimum atomic E-state index is -0.499. The zero-order chi connectivity index (χ0) is 15.2. The quantitative estimate of drug-likeness (QED) is 0.794. The molecule has 0 saturated carbocycles. The monoisotopic (exact) mass is 347 g/mol. The fourth-order valence-electron chi connectivity index (χ4n) is 1.72. The minimum Gasteiger partial charge on any atom is -0.366 e. The third kappa shape index (κ3) is 4.61. The SMILES string of the molecule is NC(=O)c1ccc(NC(=O)NCc2cccc(Br)c2)cc1. The highest BCUT2D eigenvalue weighted by Gasteiger charge is 2.04. The number of hydrogen-bond donors (Lipinski definition) is 3. The van der Waals surface area contributed by atoms with Crippen LogP contribution in [0.3, 0.4) is 0 Å². The second-order valence-electron chi connectivity index (χ2n) is 4.38. The van der Waals surface area contributed by atoms with Crippen molar-refractivity contribution < 1.29 is 9.59 Å². The van der Waals surface area contributed by atoms with Crippen LogP contribution in [-0.4, -0.2) is 11.9 Å². The number of carbonyl (C=O) groups is 2. The molecule has 108 valence electrons. The van der Waals surface area contributed by atoms with Gasteiger partial charge in [0.05, 0.1) is 0 Å². The Morgan fingerprint density at radius 3 is 2.43 bits per heavy atom. The van der Waals surface area contributed by atoms with Gasteiger partial charge in [-0.2, -0.15) is 0 Å². The van der Waals surface area contributed by atoms with E-state index in [1.807, 2.05) is 24.3 Å². The first kappa shape index (κ1) is 15.1. The summed E-state index contributed by atoms with van der Waals surface area (Å²) in [5.74, 6) is -0.499. The first-order valence-corrected chi connectivity index (χ1v) is 7.03. The van der Waals surface area contributed by atoms with Crippen molar-refractivity contribution in [1.82, 2.24) is 5.32 Å². The molecular weight excluding hydrogens is 334 g/mol. The van der Waals surface area contributed by atoms with Crippen LogP contribution in [0, 0.1) is 0 Å². The van der Waals surface area contributed by atoms with E-state index in [-0.39, 0.29) is 6.03 Å². The molecule has 0 atom stereocenters. The maximum Gasteiger partial charge on any atom is 0.319 e. The second-order valence-corrected chi connectivity index (χ2v) is 5.29. The average molecular weight is 348 g/mol. The molecule has 0 spiro atoms. The van der Waals surface area contributed by atoms with Gasteiger partial charge in [0, 0.05) is 22.3 Å². The Bertz CT molecular complexity index is 656. The number of urea groups is 1. The number of rotatable bonds is 4. The normalized spacial score (nSPS) is 9.95. The van der Waals surface area contributed by atoms with Crippen LogP contribution in [0.25, 0.3) is 0 Å². The Hall–Kier alpha value is -2.34. The van der Waals surface area contributed by atoms with Gasteiger partial charge < -0.3 is 16.4 Å². The van der Waals surface area contributed by atoms with E-state index in [4.69, 9.17) is 5.73 Å². The summed E-state index contributed by atoms with van der Waals surface area (Å²) < 4.78 is 0.962. The molecule has 3 amide bonds. The van der Waals surface area contributed by atoms with Gasteiger partial charge in [-0.1, -0.05) is 28.1 Å². The molecule has 0 aliphatic rings. The van der Waals surface area contributed by atoms with Crippen molar-refractivity contribution in [2.75, 3.05) is 5.32 Å². The smallest absolute Gasteiger partial charge is 0.319 e. The Morgan fingerprint density at radius 2 is 1.81 bits per heavy atom. The van der Waals surface area contributed by atoms with Crippen LogP contribution in [0.4, 0.5) is 10.5 Å². The van der Waals surface area contributed by atoms with Crippen LogP contribution in [-0.2, 0) is 6.54 Å². The molecule has 6 heteroatoms. The van der Waals surface area contributed by atoms with Crippen molar-refractivity contribution in [3.63, 3.8) is 0 Å². The number of halogens is 1. The van der Waals surface area contributed by atoms with Gasteiger partial charge in [0.2, 0.25) is 5.91 Å². The number of anilines is 1. The molecule has 0 aromatic heterocycles. The molecule has 4 N–H and O–H groups in total. The van der Waals surface area contributed by atoms with Crippen LogP contribution in [0.2, 0.25) is 0 Å². The minimum absolute atomic E-state index is 0.318. The summed E-state index contributed by atoms with van der Waals surface area (Å²) in [6, 6.07) is 13.7. The highest BCUT2D eigenvalue weighted by molar-refractivity contribution is 9.10. The lowest BCUT2D eigenvalue weighted by molar-refractivity contribution is 0.100. The van der Waals surface area contributed by atoms with Crippen LogP contribution < -0.4 is 16.4 Å². The van der Waals surface area contributed by atoms with E-state index in [0.29, 0.717) is 17.8 Å². The predicted octanol–water partition coefficient (Wildman–Crippen LogP) is 2.87. The van der Waals surface area contributed by atoms with Crippen molar-refractivity contribution in [2.24, 2.45) is 5.73 Å². The maximum absolute atomic E-state index is 11.8. The van der Waals surface area contributed by atoms with E-state index in [9.17, 15) is 9.59 Å². The van der Waals surface area contributed by atoms with E-state index >= 15 is 0 Å². The predicted molar refractivity (Wildman–Crippen MR) is 85.0 cm³/mol. The first-order chi connectivity index (χ1) is 10.0. The lowest BCUT2D eigenvalue weighted by Gasteiger charge is -2.08. The molecule has 2 rings (SSSR count). The zero-order valence-corrected chi connectivity index (χ0v) is 12.7. The molecule has 5 nitrogen and oxygen atoms in total. The zero-order valence-electron chi connectivity index (χ0n) is 11.1. The molecule has 0 bridgehead atoms. The summed E-state index contributed by atoms with van der Waals surface area (Å²) in [4.78, 5) is 22.7. The van der Waals surface area contributed by atoms with Crippen molar-refractivity contribution >= 4 is 33.6 Å². The molecule has 0 saturated heterocycles. The number of nitrogens with two attached hydrogens (primary N) is 1. The molecule has 2 aromatic carbocycles. The van der Waals surface area contributed by atoms with Gasteiger partial charge in [-0.3, -0.25) is 4.79 Å². The summed E-state index contributed by atoms with van der Waals surface area (Å²) in [6.07, 6.45) is 0. The number of amides is 3. The number of benzene rings is 2. The average Bonchev–Trinajstić information content (AvgIpc) is 2.46. The van der Waals surface area contributed by atoms with E-state index in [1.54, 1.807) is 24.3 Å². The molecule has 21 heavy (non-hydrogen) atoms. The Balaban J connectivity index is 1.88. The third-order valence-corrected chi connectivity index (χ3v) is 3.26. The first-order valence-electron chi connectivity index (χ1n) is 6.24. The van der Waals surface area contributed by atoms with Gasteiger partial charge in [-0.05, 0) is 42.0 Å². The molecule has 0 radical (unpaired) electrons. The number of nitrogens with one attached hydrogen (secondary N) is 2. The lowest BCUT2D eigenvalue weighted by atomic mass is 10.2. The number of hydrogen-bond acceptors (Lipinski definition) is 2. The molecular formula is C15H14BrN3O2. The van der Waals surface area contributed by atoms with Crippen LogP contribution in [0.1, 0.15) is 15.9 Å². The molecule has 0 aliphatic carbocycles. The van der Waals surface area contributed by atoms with E-state index in [0.717, 1.165) is 10.0 Å². The molecule has 0 unspecified atom stereocenters. The van der Waals surface area contributed by atoms with Gasteiger partial charge in [0.1, 0.15) is 0 Å². The van der Waals surface area contributed by atoms with Gasteiger partial charge in [0.15, 0.2) is 0 Å². The maximum atomic E-state index is 11.8. The second kappa shape index (κ2) is 6.90. The van der Waals surface area contributed by atoms with Crippen LogP contribution in [0.15, 0.2) is 53.0 Å². The Kier molecular flexibility index (Phi) is 4.94. The summed E-state index contributed by atoms with van der Waals surface area (Å²) in [7, 11) is 0. The van der Waals surface area contributed by atoms with Crippen molar-refractivity contribution in [3.8, 4) is 0 Å². The van der Waals surface area contributed by atoms with Gasteiger partial charge in [-0.15, -0.1) is 0 Å². The lowest BCUT2D eigenvalue weighted by Crippen LogP contribution is -2.28. The largest absolute Gasteiger partial charge is 0.366 e. The summed E-state index contributed by atoms with van der Waals surface area (Å²) in [5, 5.41) is 5.43. The van der Waals surface area contributed by atoms with Crippen LogP contribution in [0.5, 0.6) is 0 Å². The van der Waals surface area contributed by atoms with Crippen molar-refractivity contribution in [1.29, 1.82) is 0 Å². The molecule has 2 aromatic rings. The van der Waals surface area contributed by atoms with Gasteiger partial charge >= 0.3 is 6.03 Å². The fourth-order valence-corrected chi connectivity index (χ4v) is 2.17. The highest BCUT2D eigenvalue weighted by Crippen LogP contribution is 2.12. The van der Waals surface area contributed by atoms with Gasteiger partial charge in [-0.25, -0.2) is 4.79 Å². The highest BCUT2D eigenvalue weighted by atomic mass is 79.9. The van der Waals surface area contributed by atoms with Gasteiger partial charge in [0.25, 0.3) is 0 Å². The van der Waals surface area contributed by atoms with E-state index in [1.165, 1.54) is 0 Å². The molecule has 0 fully saturated rings.